The zero-order valence-corrected chi connectivity index (χ0v) is 21.9. The minimum atomic E-state index is 0.0237. The Hall–Kier alpha value is -2.17. The molecule has 4 heterocycles. The van der Waals surface area contributed by atoms with Crippen molar-refractivity contribution in [3.05, 3.63) is 52.8 Å². The van der Waals surface area contributed by atoms with Gasteiger partial charge in [0, 0.05) is 40.5 Å². The summed E-state index contributed by atoms with van der Waals surface area (Å²) in [5.74, 6) is 1.10. The van der Waals surface area contributed by atoms with Gasteiger partial charge in [0.2, 0.25) is 0 Å². The molecule has 0 spiro atoms. The number of H-pyrrole nitrogens is 1. The van der Waals surface area contributed by atoms with Crippen LogP contribution in [0.15, 0.2) is 30.3 Å². The molecule has 0 bridgehead atoms. The molecule has 1 atom stereocenters. The Bertz CT molecular complexity index is 1150. The number of hydrogen-bond donors (Lipinski definition) is 1. The lowest BCUT2D eigenvalue weighted by atomic mass is 9.85. The molecule has 2 fully saturated rings. The number of likely N-dealkylation sites (tertiary alicyclic amines) is 1. The Morgan fingerprint density at radius 3 is 2.38 bits per heavy atom. The predicted octanol–water partition coefficient (Wildman–Crippen LogP) is 7.11. The Balaban J connectivity index is 1.40. The molecule has 34 heavy (non-hydrogen) atoms. The maximum atomic E-state index is 5.96. The number of hydrogen-bond acceptors (Lipinski definition) is 3. The molecule has 4 nitrogen and oxygen atoms in total. The average molecular weight is 460 g/mol. The Morgan fingerprint density at radius 1 is 1.03 bits per heavy atom. The smallest absolute Gasteiger partial charge is 0.0641 e. The second-order valence-electron chi connectivity index (χ2n) is 11.6. The van der Waals surface area contributed by atoms with Gasteiger partial charge in [0.15, 0.2) is 0 Å². The summed E-state index contributed by atoms with van der Waals surface area (Å²) in [6, 6.07) is 12.3. The fraction of sp³-hybridized carbons (Fsp3) is 0.567. The summed E-state index contributed by atoms with van der Waals surface area (Å²) in [5, 5.41) is 1.39. The van der Waals surface area contributed by atoms with Crippen LogP contribution in [0.4, 0.5) is 0 Å². The van der Waals surface area contributed by atoms with E-state index in [0.717, 1.165) is 24.4 Å². The molecule has 2 aromatic heterocycles. The van der Waals surface area contributed by atoms with Crippen LogP contribution >= 0.6 is 0 Å². The summed E-state index contributed by atoms with van der Waals surface area (Å²) in [6.07, 6.45) is 4.83. The van der Waals surface area contributed by atoms with E-state index in [-0.39, 0.29) is 5.60 Å². The quantitative estimate of drug-likeness (QED) is 0.452. The van der Waals surface area contributed by atoms with Gasteiger partial charge in [-0.25, -0.2) is 0 Å². The molecule has 0 radical (unpaired) electrons. The first-order valence-corrected chi connectivity index (χ1v) is 13.2. The van der Waals surface area contributed by atoms with Gasteiger partial charge in [0.1, 0.15) is 0 Å². The van der Waals surface area contributed by atoms with Gasteiger partial charge < -0.3 is 14.6 Å². The molecule has 4 heteroatoms. The summed E-state index contributed by atoms with van der Waals surface area (Å²) >= 11 is 0. The minimum Gasteiger partial charge on any atom is -0.375 e. The molecular weight excluding hydrogens is 418 g/mol. The second kappa shape index (κ2) is 9.13. The van der Waals surface area contributed by atoms with E-state index in [1.54, 1.807) is 0 Å². The summed E-state index contributed by atoms with van der Waals surface area (Å²) in [6.45, 7) is 16.6. The van der Waals surface area contributed by atoms with E-state index in [0.29, 0.717) is 17.9 Å². The molecule has 2 aliphatic heterocycles. The Labute approximate surface area is 205 Å². The van der Waals surface area contributed by atoms with Crippen LogP contribution in [0.2, 0.25) is 0 Å². The number of benzene rings is 1. The maximum absolute atomic E-state index is 5.96. The van der Waals surface area contributed by atoms with Crippen molar-refractivity contribution in [1.82, 2.24) is 14.9 Å². The second-order valence-corrected chi connectivity index (χ2v) is 11.6. The molecule has 0 saturated carbocycles. The number of aryl methyl sites for hydroxylation is 2. The molecule has 0 aliphatic carbocycles. The highest BCUT2D eigenvalue weighted by atomic mass is 16.5. The molecule has 182 valence electrons. The van der Waals surface area contributed by atoms with E-state index < -0.39 is 0 Å². The van der Waals surface area contributed by atoms with Gasteiger partial charge in [-0.1, -0.05) is 19.9 Å². The zero-order chi connectivity index (χ0) is 24.0. The highest BCUT2D eigenvalue weighted by Crippen LogP contribution is 2.39. The number of pyridine rings is 1. The van der Waals surface area contributed by atoms with Crippen molar-refractivity contribution >= 4 is 10.9 Å². The molecule has 2 saturated heterocycles. The van der Waals surface area contributed by atoms with E-state index in [4.69, 9.17) is 4.74 Å². The zero-order valence-electron chi connectivity index (χ0n) is 21.9. The van der Waals surface area contributed by atoms with Crippen LogP contribution in [0, 0.1) is 13.8 Å². The molecule has 1 unspecified atom stereocenters. The minimum absolute atomic E-state index is 0.0237. The van der Waals surface area contributed by atoms with Gasteiger partial charge in [-0.2, -0.15) is 0 Å². The van der Waals surface area contributed by atoms with Gasteiger partial charge in [-0.15, -0.1) is 0 Å². The molecule has 1 aromatic carbocycles. The summed E-state index contributed by atoms with van der Waals surface area (Å²) in [4.78, 5) is 11.1. The summed E-state index contributed by atoms with van der Waals surface area (Å²) < 4.78 is 5.96. The number of piperidine rings is 1. The van der Waals surface area contributed by atoms with Gasteiger partial charge in [-0.05, 0) is 114 Å². The molecule has 5 rings (SSSR count). The lowest BCUT2D eigenvalue weighted by Gasteiger charge is -2.44. The standard InChI is InChI=1S/C30H41N3O/c1-19(2)28-26-17-23(7-8-27(26)32-29(28)24-15-20(3)31-21(4)16-24)22-9-12-33(13-10-22)25-11-14-34-30(5,6)18-25/h7-8,15-17,19,22,25,32H,9-14,18H2,1-6H3. The van der Waals surface area contributed by atoms with Gasteiger partial charge in [0.05, 0.1) is 11.3 Å². The topological polar surface area (TPSA) is 41.2 Å². The maximum Gasteiger partial charge on any atom is 0.0641 e. The molecule has 0 amide bonds. The SMILES string of the molecule is Cc1cc(-c2[nH]c3ccc(C4CCN(C5CCOC(C)(C)C5)CC4)cc3c2C(C)C)cc(C)n1. The average Bonchev–Trinajstić information content (AvgIpc) is 3.17. The predicted molar refractivity (Wildman–Crippen MR) is 142 cm³/mol. The number of aromatic amines is 1. The van der Waals surface area contributed by atoms with Gasteiger partial charge in [0.25, 0.3) is 0 Å². The fourth-order valence-electron chi connectivity index (χ4n) is 6.40. The van der Waals surface area contributed by atoms with Crippen molar-refractivity contribution in [2.75, 3.05) is 19.7 Å². The van der Waals surface area contributed by atoms with Crippen molar-refractivity contribution in [1.29, 1.82) is 0 Å². The molecule has 1 N–H and O–H groups in total. The Morgan fingerprint density at radius 2 is 1.74 bits per heavy atom. The lowest BCUT2D eigenvalue weighted by Crippen LogP contribution is -2.48. The number of aromatic nitrogens is 2. The first-order chi connectivity index (χ1) is 16.2. The first kappa shape index (κ1) is 23.6. The Kier molecular flexibility index (Phi) is 6.32. The largest absolute Gasteiger partial charge is 0.375 e. The van der Waals surface area contributed by atoms with E-state index >= 15 is 0 Å². The number of ether oxygens (including phenoxy) is 1. The number of fused-ring (bicyclic) bond motifs is 1. The van der Waals surface area contributed by atoms with E-state index in [1.807, 2.05) is 0 Å². The van der Waals surface area contributed by atoms with Crippen LogP contribution in [-0.2, 0) is 4.74 Å². The third-order valence-electron chi connectivity index (χ3n) is 8.00. The number of nitrogens with zero attached hydrogens (tertiary/aromatic N) is 2. The molecule has 2 aliphatic rings. The fourth-order valence-corrected chi connectivity index (χ4v) is 6.40. The summed E-state index contributed by atoms with van der Waals surface area (Å²) in [5.41, 5.74) is 8.86. The van der Waals surface area contributed by atoms with Crippen LogP contribution in [0.5, 0.6) is 0 Å². The van der Waals surface area contributed by atoms with E-state index in [9.17, 15) is 0 Å². The van der Waals surface area contributed by atoms with Gasteiger partial charge in [-0.3, -0.25) is 4.98 Å². The highest BCUT2D eigenvalue weighted by Gasteiger charge is 2.34. The lowest BCUT2D eigenvalue weighted by molar-refractivity contribution is -0.0858. The van der Waals surface area contributed by atoms with E-state index in [1.165, 1.54) is 65.6 Å². The van der Waals surface area contributed by atoms with Crippen molar-refractivity contribution in [3.63, 3.8) is 0 Å². The van der Waals surface area contributed by atoms with Crippen molar-refractivity contribution in [3.8, 4) is 11.3 Å². The van der Waals surface area contributed by atoms with E-state index in [2.05, 4.69) is 86.7 Å². The van der Waals surface area contributed by atoms with Crippen molar-refractivity contribution in [2.45, 2.75) is 90.7 Å². The first-order valence-electron chi connectivity index (χ1n) is 13.2. The van der Waals surface area contributed by atoms with Crippen LogP contribution in [0.3, 0.4) is 0 Å². The summed E-state index contributed by atoms with van der Waals surface area (Å²) in [7, 11) is 0. The van der Waals surface area contributed by atoms with Crippen LogP contribution in [-0.4, -0.2) is 46.2 Å². The van der Waals surface area contributed by atoms with Crippen molar-refractivity contribution in [2.24, 2.45) is 0 Å². The third-order valence-corrected chi connectivity index (χ3v) is 8.00. The monoisotopic (exact) mass is 459 g/mol. The number of nitrogens with one attached hydrogen (secondary N) is 1. The van der Waals surface area contributed by atoms with Crippen LogP contribution in [0.25, 0.3) is 22.2 Å². The molecular formula is C30H41N3O. The van der Waals surface area contributed by atoms with Crippen molar-refractivity contribution < 1.29 is 4.74 Å². The van der Waals surface area contributed by atoms with Gasteiger partial charge >= 0.3 is 0 Å². The molecule has 3 aromatic rings. The van der Waals surface area contributed by atoms with Crippen LogP contribution in [0.1, 0.15) is 87.7 Å². The third kappa shape index (κ3) is 4.67. The highest BCUT2D eigenvalue weighted by molar-refractivity contribution is 5.92. The normalized spacial score (nSPS) is 22.0. The van der Waals surface area contributed by atoms with Crippen LogP contribution < -0.4 is 0 Å². The number of rotatable bonds is 4.